The van der Waals surface area contributed by atoms with Gasteiger partial charge in [0.05, 0.1) is 6.61 Å². The molecule has 0 bridgehead atoms. The Kier molecular flexibility index (Phi) is 10.2. The van der Waals surface area contributed by atoms with E-state index < -0.39 is 37.3 Å². The minimum Gasteiger partial charge on any atom is -0.394 e. The van der Waals surface area contributed by atoms with Gasteiger partial charge in [-0.05, 0) is 6.42 Å². The van der Waals surface area contributed by atoms with Crippen LogP contribution in [-0.4, -0.2) is 64.3 Å². The first kappa shape index (κ1) is 19.8. The van der Waals surface area contributed by atoms with E-state index in [2.05, 4.69) is 6.92 Å². The predicted molar refractivity (Wildman–Crippen MR) is 82.3 cm³/mol. The SMILES string of the molecule is CCCCCCCCCCOC1OC(CO)[C@@H](O)[C@H](O)[C@H]1O. The molecule has 0 aromatic heterocycles. The molecule has 0 aliphatic carbocycles. The molecule has 0 saturated carbocycles. The zero-order valence-electron chi connectivity index (χ0n) is 13.6. The lowest BCUT2D eigenvalue weighted by Gasteiger charge is -2.39. The van der Waals surface area contributed by atoms with Crippen molar-refractivity contribution in [3.63, 3.8) is 0 Å². The number of aliphatic hydroxyl groups is 4. The van der Waals surface area contributed by atoms with Crippen LogP contribution in [-0.2, 0) is 9.47 Å². The Morgan fingerprint density at radius 1 is 0.818 bits per heavy atom. The molecule has 0 aromatic rings. The van der Waals surface area contributed by atoms with Crippen molar-refractivity contribution in [1.82, 2.24) is 0 Å². The Balaban J connectivity index is 2.11. The summed E-state index contributed by atoms with van der Waals surface area (Å²) in [5.41, 5.74) is 0. The molecule has 6 nitrogen and oxygen atoms in total. The van der Waals surface area contributed by atoms with Crippen molar-refractivity contribution in [3.05, 3.63) is 0 Å². The number of unbranched alkanes of at least 4 members (excludes halogenated alkanes) is 7. The highest BCUT2D eigenvalue weighted by Crippen LogP contribution is 2.22. The van der Waals surface area contributed by atoms with Crippen LogP contribution in [0.5, 0.6) is 0 Å². The van der Waals surface area contributed by atoms with E-state index in [1.165, 1.54) is 38.5 Å². The fourth-order valence-electron chi connectivity index (χ4n) is 2.64. The van der Waals surface area contributed by atoms with Crippen LogP contribution in [0.1, 0.15) is 58.3 Å². The van der Waals surface area contributed by atoms with Crippen LogP contribution < -0.4 is 0 Å². The van der Waals surface area contributed by atoms with E-state index in [0.29, 0.717) is 6.61 Å². The van der Waals surface area contributed by atoms with E-state index in [1.807, 2.05) is 0 Å². The summed E-state index contributed by atoms with van der Waals surface area (Å²) < 4.78 is 10.7. The summed E-state index contributed by atoms with van der Waals surface area (Å²) >= 11 is 0. The highest BCUT2D eigenvalue weighted by atomic mass is 16.7. The molecule has 1 aliphatic heterocycles. The third kappa shape index (κ3) is 6.48. The number of rotatable bonds is 11. The smallest absolute Gasteiger partial charge is 0.186 e. The van der Waals surface area contributed by atoms with E-state index in [-0.39, 0.29) is 0 Å². The molecule has 1 rings (SSSR count). The Labute approximate surface area is 133 Å². The van der Waals surface area contributed by atoms with Crippen LogP contribution in [0.3, 0.4) is 0 Å². The lowest BCUT2D eigenvalue weighted by atomic mass is 9.99. The highest BCUT2D eigenvalue weighted by Gasteiger charge is 2.43. The molecule has 22 heavy (non-hydrogen) atoms. The standard InChI is InChI=1S/C16H32O6/c1-2-3-4-5-6-7-8-9-10-21-16-15(20)14(19)13(18)12(11-17)22-16/h12-20H,2-11H2,1H3/t12?,13-,14+,15-,16?/m1/s1. The van der Waals surface area contributed by atoms with Gasteiger partial charge in [0.25, 0.3) is 0 Å². The van der Waals surface area contributed by atoms with Gasteiger partial charge in [-0.3, -0.25) is 0 Å². The first-order valence-electron chi connectivity index (χ1n) is 8.54. The summed E-state index contributed by atoms with van der Waals surface area (Å²) in [5, 5.41) is 38.2. The van der Waals surface area contributed by atoms with E-state index in [0.717, 1.165) is 12.8 Å². The third-order valence-corrected chi connectivity index (χ3v) is 4.13. The second-order valence-corrected chi connectivity index (χ2v) is 6.04. The van der Waals surface area contributed by atoms with Gasteiger partial charge in [-0.15, -0.1) is 0 Å². The second kappa shape index (κ2) is 11.3. The van der Waals surface area contributed by atoms with Crippen molar-refractivity contribution in [3.8, 4) is 0 Å². The summed E-state index contributed by atoms with van der Waals surface area (Å²) in [7, 11) is 0. The molecule has 2 unspecified atom stereocenters. The second-order valence-electron chi connectivity index (χ2n) is 6.04. The molecule has 0 aromatic carbocycles. The highest BCUT2D eigenvalue weighted by molar-refractivity contribution is 4.88. The molecule has 6 heteroatoms. The Morgan fingerprint density at radius 2 is 1.41 bits per heavy atom. The van der Waals surface area contributed by atoms with Gasteiger partial charge >= 0.3 is 0 Å². The van der Waals surface area contributed by atoms with Gasteiger partial charge in [-0.25, -0.2) is 0 Å². The van der Waals surface area contributed by atoms with Gasteiger partial charge in [0, 0.05) is 6.61 Å². The van der Waals surface area contributed by atoms with E-state index >= 15 is 0 Å². The van der Waals surface area contributed by atoms with Crippen molar-refractivity contribution in [2.24, 2.45) is 0 Å². The average Bonchev–Trinajstić information content (AvgIpc) is 2.53. The lowest BCUT2D eigenvalue weighted by Crippen LogP contribution is -2.59. The topological polar surface area (TPSA) is 99.4 Å². The summed E-state index contributed by atoms with van der Waals surface area (Å²) in [6.45, 7) is 2.20. The van der Waals surface area contributed by atoms with Gasteiger partial charge in [0.15, 0.2) is 6.29 Å². The molecule has 0 amide bonds. The molecule has 0 radical (unpaired) electrons. The largest absolute Gasteiger partial charge is 0.394 e. The van der Waals surface area contributed by atoms with E-state index in [1.54, 1.807) is 0 Å². The molecule has 1 saturated heterocycles. The van der Waals surface area contributed by atoms with Gasteiger partial charge in [-0.1, -0.05) is 51.9 Å². The predicted octanol–water partition coefficient (Wildman–Crippen LogP) is 0.944. The third-order valence-electron chi connectivity index (χ3n) is 4.13. The Bertz CT molecular complexity index is 273. The number of hydrogen-bond acceptors (Lipinski definition) is 6. The molecule has 1 aliphatic rings. The first-order valence-corrected chi connectivity index (χ1v) is 8.54. The maximum atomic E-state index is 9.80. The molecule has 4 N–H and O–H groups in total. The van der Waals surface area contributed by atoms with E-state index in [9.17, 15) is 15.3 Å². The zero-order valence-corrected chi connectivity index (χ0v) is 13.6. The molecular formula is C16H32O6. The molecule has 0 spiro atoms. The van der Waals surface area contributed by atoms with Crippen LogP contribution in [0.15, 0.2) is 0 Å². The minimum absolute atomic E-state index is 0.428. The van der Waals surface area contributed by atoms with Crippen LogP contribution in [0.2, 0.25) is 0 Å². The molecular weight excluding hydrogens is 288 g/mol. The quantitative estimate of drug-likeness (QED) is 0.423. The molecule has 1 heterocycles. The zero-order chi connectivity index (χ0) is 16.4. The summed E-state index contributed by atoms with van der Waals surface area (Å²) in [4.78, 5) is 0. The average molecular weight is 320 g/mol. The number of ether oxygens (including phenoxy) is 2. The number of hydrogen-bond donors (Lipinski definition) is 4. The molecule has 5 atom stereocenters. The maximum absolute atomic E-state index is 9.80. The summed E-state index contributed by atoms with van der Waals surface area (Å²) in [6.07, 6.45) is 3.58. The van der Waals surface area contributed by atoms with Crippen molar-refractivity contribution < 1.29 is 29.9 Å². The Morgan fingerprint density at radius 3 is 2.00 bits per heavy atom. The van der Waals surface area contributed by atoms with Crippen LogP contribution in [0.4, 0.5) is 0 Å². The maximum Gasteiger partial charge on any atom is 0.186 e. The summed E-state index contributed by atoms with van der Waals surface area (Å²) in [5.74, 6) is 0. The van der Waals surface area contributed by atoms with Gasteiger partial charge in [0.2, 0.25) is 0 Å². The van der Waals surface area contributed by atoms with Crippen molar-refractivity contribution in [1.29, 1.82) is 0 Å². The number of aliphatic hydroxyl groups excluding tert-OH is 4. The van der Waals surface area contributed by atoms with Gasteiger partial charge in [0.1, 0.15) is 24.4 Å². The lowest BCUT2D eigenvalue weighted by molar-refractivity contribution is -0.301. The van der Waals surface area contributed by atoms with Crippen LogP contribution in [0, 0.1) is 0 Å². The van der Waals surface area contributed by atoms with Crippen molar-refractivity contribution in [2.45, 2.75) is 89.0 Å². The van der Waals surface area contributed by atoms with Crippen LogP contribution in [0.25, 0.3) is 0 Å². The first-order chi connectivity index (χ1) is 10.6. The summed E-state index contributed by atoms with van der Waals surface area (Å²) in [6, 6.07) is 0. The Hall–Kier alpha value is -0.240. The molecule has 1 fully saturated rings. The monoisotopic (exact) mass is 320 g/mol. The van der Waals surface area contributed by atoms with Gasteiger partial charge in [-0.2, -0.15) is 0 Å². The normalized spacial score (nSPS) is 32.3. The molecule has 132 valence electrons. The van der Waals surface area contributed by atoms with Crippen LogP contribution >= 0.6 is 0 Å². The minimum atomic E-state index is -1.37. The van der Waals surface area contributed by atoms with Gasteiger partial charge < -0.3 is 29.9 Å². The fourth-order valence-corrected chi connectivity index (χ4v) is 2.64. The fraction of sp³-hybridized carbons (Fsp3) is 1.00. The van der Waals surface area contributed by atoms with Crippen molar-refractivity contribution in [2.75, 3.05) is 13.2 Å². The van der Waals surface area contributed by atoms with Crippen molar-refractivity contribution >= 4 is 0 Å². The van der Waals surface area contributed by atoms with E-state index in [4.69, 9.17) is 14.6 Å².